The van der Waals surface area contributed by atoms with Gasteiger partial charge in [-0.15, -0.1) is 5.10 Å². The lowest BCUT2D eigenvalue weighted by Crippen LogP contribution is -2.01. The first-order valence-electron chi connectivity index (χ1n) is 2.79. The van der Waals surface area contributed by atoms with Crippen molar-refractivity contribution in [1.82, 2.24) is 9.59 Å². The number of nitrogens with zero attached hydrogens (tertiary/aromatic N) is 2. The molecule has 0 N–H and O–H groups in total. The maximum absolute atomic E-state index is 10.5. The third-order valence-electron chi connectivity index (χ3n) is 0.884. The van der Waals surface area contributed by atoms with Gasteiger partial charge in [0.1, 0.15) is 5.69 Å². The summed E-state index contributed by atoms with van der Waals surface area (Å²) in [4.78, 5) is 10.5. The van der Waals surface area contributed by atoms with E-state index in [9.17, 15) is 4.79 Å². The molecule has 1 rings (SSSR count). The van der Waals surface area contributed by atoms with E-state index in [0.29, 0.717) is 9.49 Å². The molecule has 0 bridgehead atoms. The summed E-state index contributed by atoms with van der Waals surface area (Å²) in [6.45, 7) is 1.36. The Labute approximate surface area is 81.3 Å². The highest BCUT2D eigenvalue weighted by Crippen LogP contribution is 2.22. The fraction of sp³-hybridized carbons (Fsp3) is 0.400. The summed E-state index contributed by atoms with van der Waals surface area (Å²) in [5.74, 6) is -0.331. The van der Waals surface area contributed by atoms with Crippen molar-refractivity contribution >= 4 is 40.1 Å². The standard InChI is InChI=1S/C5H5IN2O2S/c1-3(9)10-5-4(2-6)7-8-11-5/h2H2,1H3. The van der Waals surface area contributed by atoms with E-state index in [-0.39, 0.29) is 5.97 Å². The van der Waals surface area contributed by atoms with Gasteiger partial charge in [-0.05, 0) is 0 Å². The first kappa shape index (κ1) is 8.85. The van der Waals surface area contributed by atoms with Crippen molar-refractivity contribution in [2.24, 2.45) is 0 Å². The average molecular weight is 284 g/mol. The molecule has 0 aliphatic carbocycles. The predicted octanol–water partition coefficient (Wildman–Crippen LogP) is 1.40. The van der Waals surface area contributed by atoms with Gasteiger partial charge in [0.15, 0.2) is 0 Å². The molecule has 0 amide bonds. The first-order valence-corrected chi connectivity index (χ1v) is 5.09. The van der Waals surface area contributed by atoms with Gasteiger partial charge in [-0.3, -0.25) is 4.79 Å². The first-order chi connectivity index (χ1) is 5.24. The lowest BCUT2D eigenvalue weighted by molar-refractivity contribution is -0.131. The van der Waals surface area contributed by atoms with Crippen molar-refractivity contribution < 1.29 is 9.53 Å². The molecule has 1 heterocycles. The number of halogens is 1. The van der Waals surface area contributed by atoms with E-state index in [4.69, 9.17) is 4.74 Å². The molecule has 11 heavy (non-hydrogen) atoms. The second-order valence-electron chi connectivity index (χ2n) is 1.73. The molecule has 0 aliphatic heterocycles. The lowest BCUT2D eigenvalue weighted by Gasteiger charge is -1.95. The second kappa shape index (κ2) is 3.96. The fourth-order valence-electron chi connectivity index (χ4n) is 0.490. The molecule has 0 fully saturated rings. The number of hydrogen-bond donors (Lipinski definition) is 0. The predicted molar refractivity (Wildman–Crippen MR) is 48.9 cm³/mol. The monoisotopic (exact) mass is 284 g/mol. The van der Waals surface area contributed by atoms with Crippen LogP contribution in [0.4, 0.5) is 0 Å². The van der Waals surface area contributed by atoms with E-state index in [0.717, 1.165) is 17.2 Å². The van der Waals surface area contributed by atoms with Crippen LogP contribution in [0.15, 0.2) is 0 Å². The summed E-state index contributed by atoms with van der Waals surface area (Å²) >= 11 is 3.23. The van der Waals surface area contributed by atoms with Gasteiger partial charge >= 0.3 is 5.97 Å². The van der Waals surface area contributed by atoms with E-state index < -0.39 is 0 Å². The Morgan fingerprint density at radius 2 is 2.55 bits per heavy atom. The second-order valence-corrected chi connectivity index (χ2v) is 3.21. The molecule has 0 radical (unpaired) electrons. The van der Waals surface area contributed by atoms with Crippen molar-refractivity contribution in [1.29, 1.82) is 0 Å². The van der Waals surface area contributed by atoms with Crippen molar-refractivity contribution in [3.63, 3.8) is 0 Å². The summed E-state index contributed by atoms with van der Waals surface area (Å²) in [5.41, 5.74) is 0.728. The van der Waals surface area contributed by atoms with Gasteiger partial charge in [0.05, 0.1) is 0 Å². The Balaban J connectivity index is 2.76. The SMILES string of the molecule is CC(=O)Oc1snnc1CI. The molecule has 60 valence electrons. The van der Waals surface area contributed by atoms with E-state index in [1.807, 2.05) is 0 Å². The number of carbonyl (C=O) groups excluding carboxylic acids is 1. The van der Waals surface area contributed by atoms with Gasteiger partial charge in [0.2, 0.25) is 5.06 Å². The van der Waals surface area contributed by atoms with Crippen molar-refractivity contribution in [3.05, 3.63) is 5.69 Å². The molecular weight excluding hydrogens is 279 g/mol. The zero-order valence-corrected chi connectivity index (χ0v) is 8.68. The van der Waals surface area contributed by atoms with Crippen LogP contribution in [-0.2, 0) is 9.22 Å². The van der Waals surface area contributed by atoms with Crippen molar-refractivity contribution in [2.45, 2.75) is 11.4 Å². The molecule has 0 spiro atoms. The van der Waals surface area contributed by atoms with Crippen LogP contribution in [0.3, 0.4) is 0 Å². The van der Waals surface area contributed by atoms with Crippen LogP contribution in [-0.4, -0.2) is 15.6 Å². The normalized spacial score (nSPS) is 9.64. The maximum Gasteiger partial charge on any atom is 0.308 e. The summed E-state index contributed by atoms with van der Waals surface area (Å²) in [6, 6.07) is 0. The molecule has 0 atom stereocenters. The van der Waals surface area contributed by atoms with Gasteiger partial charge in [0, 0.05) is 22.9 Å². The van der Waals surface area contributed by atoms with Crippen LogP contribution >= 0.6 is 34.1 Å². The smallest absolute Gasteiger partial charge is 0.308 e. The third kappa shape index (κ3) is 2.37. The van der Waals surface area contributed by atoms with Gasteiger partial charge in [-0.2, -0.15) is 0 Å². The van der Waals surface area contributed by atoms with Gasteiger partial charge in [-0.1, -0.05) is 27.1 Å². The Hall–Kier alpha value is -0.240. The number of hydrogen-bond acceptors (Lipinski definition) is 5. The number of carbonyl (C=O) groups is 1. The van der Waals surface area contributed by atoms with Crippen LogP contribution < -0.4 is 4.74 Å². The number of rotatable bonds is 2. The van der Waals surface area contributed by atoms with E-state index in [2.05, 4.69) is 32.2 Å². The molecule has 0 aliphatic rings. The molecule has 0 saturated carbocycles. The van der Waals surface area contributed by atoms with E-state index in [1.165, 1.54) is 6.92 Å². The molecule has 0 saturated heterocycles. The third-order valence-corrected chi connectivity index (χ3v) is 2.25. The maximum atomic E-state index is 10.5. The molecule has 4 nitrogen and oxygen atoms in total. The highest BCUT2D eigenvalue weighted by Gasteiger charge is 2.08. The number of alkyl halides is 1. The van der Waals surface area contributed by atoms with Crippen LogP contribution in [0.2, 0.25) is 0 Å². The van der Waals surface area contributed by atoms with Crippen molar-refractivity contribution in [3.8, 4) is 5.06 Å². The van der Waals surface area contributed by atoms with Crippen LogP contribution in [0.5, 0.6) is 5.06 Å². The van der Waals surface area contributed by atoms with E-state index in [1.54, 1.807) is 0 Å². The molecule has 0 unspecified atom stereocenters. The van der Waals surface area contributed by atoms with E-state index >= 15 is 0 Å². The van der Waals surface area contributed by atoms with Gasteiger partial charge in [0.25, 0.3) is 0 Å². The Morgan fingerprint density at radius 1 is 1.82 bits per heavy atom. The Morgan fingerprint density at radius 3 is 3.09 bits per heavy atom. The molecule has 1 aromatic heterocycles. The minimum absolute atomic E-state index is 0.331. The summed E-state index contributed by atoms with van der Waals surface area (Å²) in [7, 11) is 0. The topological polar surface area (TPSA) is 52.1 Å². The summed E-state index contributed by atoms with van der Waals surface area (Å²) in [6.07, 6.45) is 0. The fourth-order valence-corrected chi connectivity index (χ4v) is 1.83. The number of esters is 1. The largest absolute Gasteiger partial charge is 0.412 e. The minimum atomic E-state index is -0.331. The average Bonchev–Trinajstić information content (AvgIpc) is 2.34. The van der Waals surface area contributed by atoms with Crippen LogP contribution in [0.1, 0.15) is 12.6 Å². The minimum Gasteiger partial charge on any atom is -0.412 e. The highest BCUT2D eigenvalue weighted by molar-refractivity contribution is 14.1. The molecule has 1 aromatic rings. The molecule has 0 aromatic carbocycles. The molecular formula is C5H5IN2O2S. The quantitative estimate of drug-likeness (QED) is 0.468. The van der Waals surface area contributed by atoms with Gasteiger partial charge < -0.3 is 4.74 Å². The van der Waals surface area contributed by atoms with Gasteiger partial charge in [-0.25, -0.2) is 0 Å². The number of aromatic nitrogens is 2. The zero-order chi connectivity index (χ0) is 8.27. The zero-order valence-electron chi connectivity index (χ0n) is 5.70. The lowest BCUT2D eigenvalue weighted by atomic mass is 10.6. The summed E-state index contributed by atoms with van der Waals surface area (Å²) in [5, 5.41) is 4.28. The van der Waals surface area contributed by atoms with Crippen LogP contribution in [0, 0.1) is 0 Å². The molecule has 6 heteroatoms. The number of ether oxygens (including phenoxy) is 1. The van der Waals surface area contributed by atoms with Crippen molar-refractivity contribution in [2.75, 3.05) is 0 Å². The van der Waals surface area contributed by atoms with Crippen LogP contribution in [0.25, 0.3) is 0 Å². The Kier molecular flexibility index (Phi) is 3.18. The summed E-state index contributed by atoms with van der Waals surface area (Å²) < 4.78 is 9.19. The highest BCUT2D eigenvalue weighted by atomic mass is 127. The Bertz CT molecular complexity index is 263.